The second kappa shape index (κ2) is 8.23. The van der Waals surface area contributed by atoms with E-state index in [0.29, 0.717) is 11.3 Å². The van der Waals surface area contributed by atoms with E-state index in [1.165, 1.54) is 22.0 Å². The number of hydrogen-bond acceptors (Lipinski definition) is 4. The molecule has 26 heavy (non-hydrogen) atoms. The molecule has 5 heteroatoms. The normalized spacial score (nSPS) is 26.2. The van der Waals surface area contributed by atoms with Gasteiger partial charge in [-0.2, -0.15) is 0 Å². The van der Waals surface area contributed by atoms with Gasteiger partial charge in [0.05, 0.1) is 20.3 Å². The van der Waals surface area contributed by atoms with Gasteiger partial charge in [-0.1, -0.05) is 36.4 Å². The Morgan fingerprint density at radius 2 is 1.92 bits per heavy atom. The number of benzene rings is 1. The first-order chi connectivity index (χ1) is 12.4. The van der Waals surface area contributed by atoms with Crippen molar-refractivity contribution >= 4 is 22.6 Å². The quantitative estimate of drug-likeness (QED) is 0.496. The van der Waals surface area contributed by atoms with Crippen LogP contribution in [0, 0.1) is 11.3 Å². The standard InChI is InChI=1S/C21H32INO3/c1-21(2,6-7-22)12-15-13-23-8-5-14-9-19(25-3)20(26-4)10-16(14)17(23)11-18(15)24/h9-10,15,17-18,24H,5-8,11-13H2,1-4H3/t15-,17-,18-/m1/s1. The largest absolute Gasteiger partial charge is 0.493 e. The van der Waals surface area contributed by atoms with Crippen LogP contribution in [0.5, 0.6) is 11.5 Å². The van der Waals surface area contributed by atoms with Gasteiger partial charge in [0.1, 0.15) is 0 Å². The number of hydrogen-bond donors (Lipinski definition) is 1. The fraction of sp³-hybridized carbons (Fsp3) is 0.714. The summed E-state index contributed by atoms with van der Waals surface area (Å²) in [6, 6.07) is 4.53. The highest BCUT2D eigenvalue weighted by molar-refractivity contribution is 14.1. The highest BCUT2D eigenvalue weighted by Crippen LogP contribution is 2.44. The number of alkyl halides is 1. The molecule has 0 saturated carbocycles. The van der Waals surface area contributed by atoms with Gasteiger partial charge in [0, 0.05) is 23.6 Å². The average Bonchev–Trinajstić information content (AvgIpc) is 2.60. The van der Waals surface area contributed by atoms with Crippen molar-refractivity contribution in [3.8, 4) is 11.5 Å². The van der Waals surface area contributed by atoms with E-state index in [4.69, 9.17) is 9.47 Å². The van der Waals surface area contributed by atoms with Gasteiger partial charge in [0.25, 0.3) is 0 Å². The second-order valence-electron chi connectivity index (χ2n) is 8.54. The molecule has 1 aromatic rings. The molecule has 1 fully saturated rings. The summed E-state index contributed by atoms with van der Waals surface area (Å²) in [7, 11) is 3.37. The van der Waals surface area contributed by atoms with Crippen molar-refractivity contribution in [2.45, 2.75) is 51.7 Å². The van der Waals surface area contributed by atoms with E-state index < -0.39 is 0 Å². The van der Waals surface area contributed by atoms with E-state index in [-0.39, 0.29) is 12.1 Å². The van der Waals surface area contributed by atoms with E-state index in [9.17, 15) is 5.11 Å². The molecule has 1 N–H and O–H groups in total. The Labute approximate surface area is 171 Å². The molecule has 3 rings (SSSR count). The number of aliphatic hydroxyl groups is 1. The summed E-state index contributed by atoms with van der Waals surface area (Å²) in [5, 5.41) is 10.9. The van der Waals surface area contributed by atoms with Crippen molar-refractivity contribution < 1.29 is 14.6 Å². The van der Waals surface area contributed by atoms with Crippen LogP contribution in [-0.2, 0) is 6.42 Å². The molecule has 0 bridgehead atoms. The number of halogens is 1. The summed E-state index contributed by atoms with van der Waals surface area (Å²) in [6.07, 6.45) is 3.92. The molecule has 0 aliphatic carbocycles. The van der Waals surface area contributed by atoms with Gasteiger partial charge in [-0.3, -0.25) is 4.90 Å². The van der Waals surface area contributed by atoms with Gasteiger partial charge in [-0.25, -0.2) is 0 Å². The fourth-order valence-corrected chi connectivity index (χ4v) is 6.15. The SMILES string of the molecule is COc1cc2c(cc1OC)[C@H]1C[C@@H](O)[C@H](CC(C)(C)CCI)CN1CC2. The van der Waals surface area contributed by atoms with Crippen molar-refractivity contribution in [3.05, 3.63) is 23.3 Å². The van der Waals surface area contributed by atoms with Crippen LogP contribution in [0.1, 0.15) is 50.3 Å². The molecule has 4 nitrogen and oxygen atoms in total. The molecule has 0 amide bonds. The van der Waals surface area contributed by atoms with Gasteiger partial charge in [0.2, 0.25) is 0 Å². The lowest BCUT2D eigenvalue weighted by molar-refractivity contribution is -0.0277. The number of ether oxygens (including phenoxy) is 2. The molecule has 0 spiro atoms. The third-order valence-electron chi connectivity index (χ3n) is 6.18. The Bertz CT molecular complexity index is 634. The Hall–Kier alpha value is -0.530. The maximum atomic E-state index is 10.9. The van der Waals surface area contributed by atoms with E-state index in [2.05, 4.69) is 53.5 Å². The predicted molar refractivity (Wildman–Crippen MR) is 114 cm³/mol. The fourth-order valence-electron chi connectivity index (χ4n) is 4.69. The van der Waals surface area contributed by atoms with Crippen molar-refractivity contribution in [1.29, 1.82) is 0 Å². The number of piperidine rings is 1. The number of nitrogens with zero attached hydrogens (tertiary/aromatic N) is 1. The lowest BCUT2D eigenvalue weighted by atomic mass is 9.74. The molecule has 0 unspecified atom stereocenters. The smallest absolute Gasteiger partial charge is 0.161 e. The minimum Gasteiger partial charge on any atom is -0.493 e. The molecule has 2 aliphatic rings. The number of methoxy groups -OCH3 is 2. The van der Waals surface area contributed by atoms with Gasteiger partial charge in [-0.15, -0.1) is 0 Å². The van der Waals surface area contributed by atoms with Crippen molar-refractivity contribution in [3.63, 3.8) is 0 Å². The second-order valence-corrected chi connectivity index (χ2v) is 9.62. The Kier molecular flexibility index (Phi) is 6.40. The van der Waals surface area contributed by atoms with Crippen LogP contribution in [0.4, 0.5) is 0 Å². The maximum Gasteiger partial charge on any atom is 0.161 e. The highest BCUT2D eigenvalue weighted by atomic mass is 127. The maximum absolute atomic E-state index is 10.9. The van der Waals surface area contributed by atoms with E-state index in [1.54, 1.807) is 14.2 Å². The van der Waals surface area contributed by atoms with Crippen molar-refractivity contribution in [1.82, 2.24) is 4.90 Å². The van der Waals surface area contributed by atoms with Crippen LogP contribution in [0.2, 0.25) is 0 Å². The highest BCUT2D eigenvalue weighted by Gasteiger charge is 2.40. The van der Waals surface area contributed by atoms with Crippen LogP contribution in [0.25, 0.3) is 0 Å². The Balaban J connectivity index is 1.80. The Morgan fingerprint density at radius 3 is 2.58 bits per heavy atom. The van der Waals surface area contributed by atoms with E-state index in [0.717, 1.165) is 43.9 Å². The molecular weight excluding hydrogens is 441 g/mol. The zero-order valence-electron chi connectivity index (χ0n) is 16.4. The molecule has 1 saturated heterocycles. The zero-order chi connectivity index (χ0) is 18.9. The first-order valence-corrected chi connectivity index (χ1v) is 11.1. The van der Waals surface area contributed by atoms with Crippen molar-refractivity contribution in [2.24, 2.45) is 11.3 Å². The predicted octanol–water partition coefficient (Wildman–Crippen LogP) is 4.23. The van der Waals surface area contributed by atoms with Crippen LogP contribution in [0.15, 0.2) is 12.1 Å². The lowest BCUT2D eigenvalue weighted by Crippen LogP contribution is -2.49. The summed E-state index contributed by atoms with van der Waals surface area (Å²) in [5.74, 6) is 1.95. The minimum absolute atomic E-state index is 0.233. The molecule has 0 aromatic heterocycles. The van der Waals surface area contributed by atoms with Gasteiger partial charge < -0.3 is 14.6 Å². The molecule has 2 aliphatic heterocycles. The van der Waals surface area contributed by atoms with Crippen LogP contribution in [-0.4, -0.2) is 47.8 Å². The van der Waals surface area contributed by atoms with Crippen LogP contribution in [0.3, 0.4) is 0 Å². The van der Waals surface area contributed by atoms with Gasteiger partial charge >= 0.3 is 0 Å². The number of aliphatic hydroxyl groups excluding tert-OH is 1. The van der Waals surface area contributed by atoms with Crippen LogP contribution >= 0.6 is 22.6 Å². The van der Waals surface area contributed by atoms with Crippen LogP contribution < -0.4 is 9.47 Å². The van der Waals surface area contributed by atoms with Gasteiger partial charge in [0.15, 0.2) is 11.5 Å². The topological polar surface area (TPSA) is 41.9 Å². The zero-order valence-corrected chi connectivity index (χ0v) is 18.6. The minimum atomic E-state index is -0.233. The Morgan fingerprint density at radius 1 is 1.23 bits per heavy atom. The summed E-state index contributed by atoms with van der Waals surface area (Å²) < 4.78 is 12.2. The van der Waals surface area contributed by atoms with E-state index in [1.807, 2.05) is 0 Å². The third-order valence-corrected chi connectivity index (χ3v) is 6.72. The summed E-state index contributed by atoms with van der Waals surface area (Å²) in [5.41, 5.74) is 2.93. The van der Waals surface area contributed by atoms with Gasteiger partial charge in [-0.05, 0) is 60.3 Å². The average molecular weight is 473 g/mol. The molecule has 2 heterocycles. The summed E-state index contributed by atoms with van der Waals surface area (Å²) in [4.78, 5) is 2.58. The monoisotopic (exact) mass is 473 g/mol. The molecule has 3 atom stereocenters. The van der Waals surface area contributed by atoms with E-state index >= 15 is 0 Å². The lowest BCUT2D eigenvalue weighted by Gasteiger charge is -2.47. The summed E-state index contributed by atoms with van der Waals surface area (Å²) >= 11 is 2.46. The molecule has 146 valence electrons. The first kappa shape index (κ1) is 20.2. The molecule has 1 aromatic carbocycles. The first-order valence-electron chi connectivity index (χ1n) is 9.61. The molecular formula is C21H32INO3. The number of rotatable bonds is 6. The third kappa shape index (κ3) is 4.14. The molecule has 0 radical (unpaired) electrons. The van der Waals surface area contributed by atoms with Crippen molar-refractivity contribution in [2.75, 3.05) is 31.7 Å². The number of fused-ring (bicyclic) bond motifs is 3. The summed E-state index contributed by atoms with van der Waals surface area (Å²) in [6.45, 7) is 6.73.